The van der Waals surface area contributed by atoms with Crippen molar-refractivity contribution >= 4 is 16.7 Å². The minimum absolute atomic E-state index is 0.541. The second kappa shape index (κ2) is 6.03. The van der Waals surface area contributed by atoms with Gasteiger partial charge in [0.1, 0.15) is 0 Å². The number of fused-ring (bicyclic) bond motifs is 1. The van der Waals surface area contributed by atoms with Crippen LogP contribution >= 0.6 is 0 Å². The van der Waals surface area contributed by atoms with E-state index in [0.717, 1.165) is 23.3 Å². The molecule has 0 saturated carbocycles. The molecule has 0 bridgehead atoms. The summed E-state index contributed by atoms with van der Waals surface area (Å²) in [5.74, 6) is 0.541. The van der Waals surface area contributed by atoms with E-state index in [1.165, 1.54) is 16.8 Å². The van der Waals surface area contributed by atoms with Gasteiger partial charge in [-0.1, -0.05) is 26.0 Å². The van der Waals surface area contributed by atoms with Crippen LogP contribution in [0.1, 0.15) is 36.6 Å². The first kappa shape index (κ1) is 15.5. The van der Waals surface area contributed by atoms with Gasteiger partial charge in [-0.15, -0.1) is 0 Å². The number of benzene rings is 1. The number of nitrogens with zero attached hydrogens (tertiary/aromatic N) is 4. The van der Waals surface area contributed by atoms with Crippen LogP contribution in [-0.2, 0) is 13.6 Å². The molecule has 3 aromatic rings. The predicted molar refractivity (Wildman–Crippen MR) is 95.9 cm³/mol. The second-order valence-electron chi connectivity index (χ2n) is 6.53. The number of rotatable bonds is 4. The molecular formula is C19H24N4. The molecule has 23 heavy (non-hydrogen) atoms. The van der Waals surface area contributed by atoms with Crippen LogP contribution in [0, 0.1) is 6.92 Å². The molecule has 120 valence electrons. The Morgan fingerprint density at radius 1 is 1.22 bits per heavy atom. The van der Waals surface area contributed by atoms with E-state index in [9.17, 15) is 0 Å². The fourth-order valence-electron chi connectivity index (χ4n) is 2.92. The molecule has 0 unspecified atom stereocenters. The Hall–Kier alpha value is -2.36. The molecule has 0 aliphatic rings. The molecule has 0 atom stereocenters. The maximum Gasteiger partial charge on any atom is 0.157 e. The highest BCUT2D eigenvalue weighted by Gasteiger charge is 2.09. The molecule has 0 aliphatic heterocycles. The van der Waals surface area contributed by atoms with Crippen LogP contribution in [0.3, 0.4) is 0 Å². The van der Waals surface area contributed by atoms with Gasteiger partial charge < -0.3 is 4.90 Å². The highest BCUT2D eigenvalue weighted by Crippen LogP contribution is 2.23. The van der Waals surface area contributed by atoms with Crippen LogP contribution in [0.5, 0.6) is 0 Å². The van der Waals surface area contributed by atoms with Gasteiger partial charge in [-0.25, -0.2) is 4.98 Å². The number of aryl methyl sites for hydroxylation is 2. The summed E-state index contributed by atoms with van der Waals surface area (Å²) in [5, 5.41) is 5.57. The van der Waals surface area contributed by atoms with Crippen LogP contribution in [0.25, 0.3) is 11.0 Å². The lowest BCUT2D eigenvalue weighted by molar-refractivity contribution is 0.773. The Bertz CT molecular complexity index is 833. The molecule has 0 N–H and O–H groups in total. The van der Waals surface area contributed by atoms with E-state index in [1.54, 1.807) is 0 Å². The van der Waals surface area contributed by atoms with E-state index >= 15 is 0 Å². The zero-order valence-corrected chi connectivity index (χ0v) is 14.5. The van der Waals surface area contributed by atoms with Gasteiger partial charge in [-0.05, 0) is 42.2 Å². The second-order valence-corrected chi connectivity index (χ2v) is 6.53. The fraction of sp³-hybridized carbons (Fsp3) is 0.368. The van der Waals surface area contributed by atoms with Gasteiger partial charge >= 0.3 is 0 Å². The maximum atomic E-state index is 4.57. The van der Waals surface area contributed by atoms with Crippen LogP contribution < -0.4 is 4.90 Å². The molecule has 3 rings (SSSR count). The SMILES string of the molecule is Cc1nn(C)c2ncc(CN(C)c3cccc(C(C)C)c3)cc12. The zero-order valence-electron chi connectivity index (χ0n) is 14.5. The minimum Gasteiger partial charge on any atom is -0.370 e. The molecule has 2 heterocycles. The van der Waals surface area contributed by atoms with Crippen molar-refractivity contribution < 1.29 is 0 Å². The first-order chi connectivity index (χ1) is 11.0. The van der Waals surface area contributed by atoms with Crippen LogP contribution in [-0.4, -0.2) is 21.8 Å². The molecule has 0 radical (unpaired) electrons. The molecule has 0 amide bonds. The quantitative estimate of drug-likeness (QED) is 0.729. The molecule has 4 nitrogen and oxygen atoms in total. The smallest absolute Gasteiger partial charge is 0.157 e. The first-order valence-corrected chi connectivity index (χ1v) is 8.05. The molecular weight excluding hydrogens is 284 g/mol. The maximum absolute atomic E-state index is 4.57. The lowest BCUT2D eigenvalue weighted by Crippen LogP contribution is -2.16. The fourth-order valence-corrected chi connectivity index (χ4v) is 2.92. The molecule has 0 aliphatic carbocycles. The first-order valence-electron chi connectivity index (χ1n) is 8.05. The van der Waals surface area contributed by atoms with E-state index in [4.69, 9.17) is 0 Å². The topological polar surface area (TPSA) is 34.0 Å². The van der Waals surface area contributed by atoms with Gasteiger partial charge in [0.25, 0.3) is 0 Å². The molecule has 0 saturated heterocycles. The minimum atomic E-state index is 0.541. The summed E-state index contributed by atoms with van der Waals surface area (Å²) >= 11 is 0. The van der Waals surface area contributed by atoms with E-state index in [-0.39, 0.29) is 0 Å². The third kappa shape index (κ3) is 3.07. The van der Waals surface area contributed by atoms with Crippen molar-refractivity contribution in [3.63, 3.8) is 0 Å². The third-order valence-corrected chi connectivity index (χ3v) is 4.32. The van der Waals surface area contributed by atoms with Gasteiger partial charge in [0.2, 0.25) is 0 Å². The largest absolute Gasteiger partial charge is 0.370 e. The van der Waals surface area contributed by atoms with E-state index in [2.05, 4.69) is 66.2 Å². The number of aromatic nitrogens is 3. The summed E-state index contributed by atoms with van der Waals surface area (Å²) in [6, 6.07) is 11.0. The van der Waals surface area contributed by atoms with Crippen molar-refractivity contribution in [2.24, 2.45) is 7.05 Å². The highest BCUT2D eigenvalue weighted by molar-refractivity contribution is 5.78. The van der Waals surface area contributed by atoms with Crippen molar-refractivity contribution in [2.45, 2.75) is 33.2 Å². The van der Waals surface area contributed by atoms with Gasteiger partial charge in [0, 0.05) is 37.9 Å². The summed E-state index contributed by atoms with van der Waals surface area (Å²) < 4.78 is 1.84. The standard InChI is InChI=1S/C19H24N4/c1-13(2)16-7-6-8-17(10-16)22(4)12-15-9-18-14(3)21-23(5)19(18)20-11-15/h6-11,13H,12H2,1-5H3. The van der Waals surface area contributed by atoms with Crippen molar-refractivity contribution in [1.29, 1.82) is 0 Å². The Kier molecular flexibility index (Phi) is 4.07. The van der Waals surface area contributed by atoms with Crippen LogP contribution in [0.15, 0.2) is 36.5 Å². The Balaban J connectivity index is 1.86. The molecule has 0 fully saturated rings. The molecule has 0 spiro atoms. The Labute approximate surface area is 137 Å². The third-order valence-electron chi connectivity index (χ3n) is 4.32. The number of pyridine rings is 1. The Morgan fingerprint density at radius 3 is 2.74 bits per heavy atom. The summed E-state index contributed by atoms with van der Waals surface area (Å²) in [6.07, 6.45) is 1.95. The Morgan fingerprint density at radius 2 is 2.00 bits per heavy atom. The predicted octanol–water partition coefficient (Wildman–Crippen LogP) is 4.04. The van der Waals surface area contributed by atoms with Gasteiger partial charge in [-0.3, -0.25) is 4.68 Å². The average Bonchev–Trinajstić information content (AvgIpc) is 2.81. The van der Waals surface area contributed by atoms with E-state index < -0.39 is 0 Å². The molecule has 1 aromatic carbocycles. The number of anilines is 1. The van der Waals surface area contributed by atoms with Crippen LogP contribution in [0.2, 0.25) is 0 Å². The zero-order chi connectivity index (χ0) is 16.6. The summed E-state index contributed by atoms with van der Waals surface area (Å²) in [4.78, 5) is 6.83. The highest BCUT2D eigenvalue weighted by atomic mass is 15.3. The van der Waals surface area contributed by atoms with Gasteiger partial charge in [0.05, 0.1) is 5.69 Å². The van der Waals surface area contributed by atoms with Crippen LogP contribution in [0.4, 0.5) is 5.69 Å². The summed E-state index contributed by atoms with van der Waals surface area (Å²) in [6.45, 7) is 7.31. The van der Waals surface area contributed by atoms with Crippen molar-refractivity contribution in [1.82, 2.24) is 14.8 Å². The summed E-state index contributed by atoms with van der Waals surface area (Å²) in [7, 11) is 4.06. The summed E-state index contributed by atoms with van der Waals surface area (Å²) in [5.41, 5.74) is 5.77. The lowest BCUT2D eigenvalue weighted by atomic mass is 10.0. The van der Waals surface area contributed by atoms with E-state index in [1.807, 2.05) is 24.9 Å². The van der Waals surface area contributed by atoms with Gasteiger partial charge in [0.15, 0.2) is 5.65 Å². The number of hydrogen-bond acceptors (Lipinski definition) is 3. The molecule has 4 heteroatoms. The lowest BCUT2D eigenvalue weighted by Gasteiger charge is -2.20. The van der Waals surface area contributed by atoms with Gasteiger partial charge in [-0.2, -0.15) is 5.10 Å². The molecule has 2 aromatic heterocycles. The van der Waals surface area contributed by atoms with Crippen molar-refractivity contribution in [3.8, 4) is 0 Å². The monoisotopic (exact) mass is 308 g/mol. The average molecular weight is 308 g/mol. The van der Waals surface area contributed by atoms with E-state index in [0.29, 0.717) is 5.92 Å². The van der Waals surface area contributed by atoms with Crippen molar-refractivity contribution in [3.05, 3.63) is 53.3 Å². The normalized spacial score (nSPS) is 11.4. The van der Waals surface area contributed by atoms with Crippen molar-refractivity contribution in [2.75, 3.05) is 11.9 Å². The number of hydrogen-bond donors (Lipinski definition) is 0.